The van der Waals surface area contributed by atoms with Crippen LogP contribution in [-0.4, -0.2) is 20.1 Å². The molecule has 0 bridgehead atoms. The Bertz CT molecular complexity index is 345. The van der Waals surface area contributed by atoms with Crippen molar-refractivity contribution in [2.75, 3.05) is 0 Å². The fourth-order valence-corrected chi connectivity index (χ4v) is 2.34. The Morgan fingerprint density at radius 2 is 2.14 bits per heavy atom. The minimum absolute atomic E-state index is 0.0942. The summed E-state index contributed by atoms with van der Waals surface area (Å²) in [5, 5.41) is 18.5. The van der Waals surface area contributed by atoms with Crippen LogP contribution in [0.25, 0.3) is 0 Å². The highest BCUT2D eigenvalue weighted by molar-refractivity contribution is 5.15. The van der Waals surface area contributed by atoms with Gasteiger partial charge >= 0.3 is 0 Å². The quantitative estimate of drug-likeness (QED) is 0.733. The minimum Gasteiger partial charge on any atom is -0.383 e. The lowest BCUT2D eigenvalue weighted by atomic mass is 9.76. The lowest BCUT2D eigenvalue weighted by Gasteiger charge is -2.34. The molecule has 4 nitrogen and oxygen atoms in total. The molecule has 1 aromatic rings. The Labute approximate surface area is 83.9 Å². The van der Waals surface area contributed by atoms with Crippen LogP contribution < -0.4 is 0 Å². The predicted octanol–water partition coefficient (Wildman–Crippen LogP) is 1.21. The predicted molar refractivity (Wildman–Crippen MR) is 52.5 cm³/mol. The van der Waals surface area contributed by atoms with Crippen LogP contribution in [0.1, 0.15) is 38.8 Å². The zero-order valence-corrected chi connectivity index (χ0v) is 8.99. The third-order valence-electron chi connectivity index (χ3n) is 3.49. The van der Waals surface area contributed by atoms with E-state index in [9.17, 15) is 5.11 Å². The van der Waals surface area contributed by atoms with Crippen molar-refractivity contribution < 1.29 is 5.11 Å². The van der Waals surface area contributed by atoms with Crippen LogP contribution >= 0.6 is 0 Å². The van der Waals surface area contributed by atoms with Gasteiger partial charge in [0.05, 0.1) is 6.20 Å². The van der Waals surface area contributed by atoms with E-state index in [-0.39, 0.29) is 5.41 Å². The van der Waals surface area contributed by atoms with Gasteiger partial charge in [-0.15, -0.1) is 5.10 Å². The number of aromatic nitrogens is 3. The maximum atomic E-state index is 10.6. The van der Waals surface area contributed by atoms with Gasteiger partial charge < -0.3 is 5.11 Å². The lowest BCUT2D eigenvalue weighted by molar-refractivity contribution is -0.0522. The average Bonchev–Trinajstić information content (AvgIpc) is 2.60. The van der Waals surface area contributed by atoms with Gasteiger partial charge in [0.2, 0.25) is 0 Å². The van der Waals surface area contributed by atoms with Crippen LogP contribution in [0.15, 0.2) is 6.20 Å². The van der Waals surface area contributed by atoms with Crippen LogP contribution in [0.3, 0.4) is 0 Å². The smallest absolute Gasteiger partial charge is 0.115 e. The summed E-state index contributed by atoms with van der Waals surface area (Å²) in [5.74, 6) is 0. The minimum atomic E-state index is -0.790. The summed E-state index contributed by atoms with van der Waals surface area (Å²) in [6.07, 6.45) is 4.70. The van der Waals surface area contributed by atoms with Gasteiger partial charge in [-0.25, -0.2) is 0 Å². The van der Waals surface area contributed by atoms with E-state index in [4.69, 9.17) is 0 Å². The van der Waals surface area contributed by atoms with E-state index in [1.807, 2.05) is 13.2 Å². The highest BCUT2D eigenvalue weighted by Gasteiger charge is 2.50. The molecule has 1 aliphatic rings. The molecule has 0 aromatic carbocycles. The fourth-order valence-electron chi connectivity index (χ4n) is 2.34. The summed E-state index contributed by atoms with van der Waals surface area (Å²) in [6, 6.07) is 0. The molecule has 1 atom stereocenters. The third kappa shape index (κ3) is 1.17. The SMILES string of the molecule is Cn1cc(C2(O)CCCC2(C)C)nn1. The maximum Gasteiger partial charge on any atom is 0.115 e. The molecule has 1 aromatic heterocycles. The number of rotatable bonds is 1. The third-order valence-corrected chi connectivity index (χ3v) is 3.49. The van der Waals surface area contributed by atoms with Gasteiger partial charge in [-0.1, -0.05) is 19.1 Å². The highest BCUT2D eigenvalue weighted by Crippen LogP contribution is 2.51. The molecule has 1 aliphatic carbocycles. The fraction of sp³-hybridized carbons (Fsp3) is 0.800. The summed E-state index contributed by atoms with van der Waals surface area (Å²) in [7, 11) is 1.82. The van der Waals surface area contributed by atoms with Gasteiger partial charge in [-0.05, 0) is 24.7 Å². The Balaban J connectivity index is 2.41. The van der Waals surface area contributed by atoms with Gasteiger partial charge in [0.15, 0.2) is 0 Å². The second kappa shape index (κ2) is 2.79. The first-order valence-electron chi connectivity index (χ1n) is 5.05. The first-order valence-corrected chi connectivity index (χ1v) is 5.05. The maximum absolute atomic E-state index is 10.6. The highest BCUT2D eigenvalue weighted by atomic mass is 16.3. The first-order chi connectivity index (χ1) is 6.46. The van der Waals surface area contributed by atoms with Crippen molar-refractivity contribution in [3.05, 3.63) is 11.9 Å². The molecular formula is C10H17N3O. The van der Waals surface area contributed by atoms with Crippen LogP contribution in [-0.2, 0) is 12.6 Å². The van der Waals surface area contributed by atoms with Crippen LogP contribution in [0.2, 0.25) is 0 Å². The second-order valence-electron chi connectivity index (χ2n) is 4.88. The molecule has 1 saturated carbocycles. The van der Waals surface area contributed by atoms with Gasteiger partial charge in [-0.2, -0.15) is 0 Å². The Kier molecular flexibility index (Phi) is 1.93. The van der Waals surface area contributed by atoms with Crippen molar-refractivity contribution in [2.24, 2.45) is 12.5 Å². The molecule has 0 saturated heterocycles. The van der Waals surface area contributed by atoms with Gasteiger partial charge in [0.25, 0.3) is 0 Å². The summed E-state index contributed by atoms with van der Waals surface area (Å²) < 4.78 is 1.64. The lowest BCUT2D eigenvalue weighted by Crippen LogP contribution is -2.37. The molecular weight excluding hydrogens is 178 g/mol. The molecule has 78 valence electrons. The van der Waals surface area contributed by atoms with E-state index in [2.05, 4.69) is 24.2 Å². The van der Waals surface area contributed by atoms with Crippen molar-refractivity contribution >= 4 is 0 Å². The molecule has 1 fully saturated rings. The topological polar surface area (TPSA) is 50.9 Å². The molecule has 14 heavy (non-hydrogen) atoms. The van der Waals surface area contributed by atoms with Crippen LogP contribution in [0.5, 0.6) is 0 Å². The van der Waals surface area contributed by atoms with E-state index in [1.165, 1.54) is 0 Å². The van der Waals surface area contributed by atoms with Gasteiger partial charge in [0, 0.05) is 7.05 Å². The van der Waals surface area contributed by atoms with E-state index in [0.29, 0.717) is 5.69 Å². The Morgan fingerprint density at radius 3 is 2.57 bits per heavy atom. The molecule has 2 rings (SSSR count). The Morgan fingerprint density at radius 1 is 1.43 bits per heavy atom. The average molecular weight is 195 g/mol. The van der Waals surface area contributed by atoms with Crippen molar-refractivity contribution in [3.8, 4) is 0 Å². The van der Waals surface area contributed by atoms with Crippen molar-refractivity contribution in [1.29, 1.82) is 0 Å². The van der Waals surface area contributed by atoms with Gasteiger partial charge in [0.1, 0.15) is 11.3 Å². The van der Waals surface area contributed by atoms with Gasteiger partial charge in [-0.3, -0.25) is 4.68 Å². The molecule has 0 spiro atoms. The molecule has 0 amide bonds. The van der Waals surface area contributed by atoms with E-state index in [1.54, 1.807) is 4.68 Å². The number of hydrogen-bond donors (Lipinski definition) is 1. The standard InChI is InChI=1S/C10H17N3O/c1-9(2)5-4-6-10(9,14)8-7-13(3)12-11-8/h7,14H,4-6H2,1-3H3. The first kappa shape index (κ1) is 9.65. The summed E-state index contributed by atoms with van der Waals surface area (Å²) in [5.41, 5.74) is -0.174. The van der Waals surface area contributed by atoms with Crippen molar-refractivity contribution in [3.63, 3.8) is 0 Å². The van der Waals surface area contributed by atoms with E-state index >= 15 is 0 Å². The van der Waals surface area contributed by atoms with Crippen LogP contribution in [0, 0.1) is 5.41 Å². The Hall–Kier alpha value is -0.900. The molecule has 1 unspecified atom stereocenters. The molecule has 0 aliphatic heterocycles. The molecule has 1 N–H and O–H groups in total. The van der Waals surface area contributed by atoms with E-state index in [0.717, 1.165) is 19.3 Å². The van der Waals surface area contributed by atoms with E-state index < -0.39 is 5.60 Å². The van der Waals surface area contributed by atoms with Crippen molar-refractivity contribution in [1.82, 2.24) is 15.0 Å². The normalized spacial score (nSPS) is 30.9. The summed E-state index contributed by atoms with van der Waals surface area (Å²) in [6.45, 7) is 4.18. The number of aryl methyl sites for hydroxylation is 1. The number of nitrogens with zero attached hydrogens (tertiary/aromatic N) is 3. The monoisotopic (exact) mass is 195 g/mol. The summed E-state index contributed by atoms with van der Waals surface area (Å²) in [4.78, 5) is 0. The second-order valence-corrected chi connectivity index (χ2v) is 4.88. The number of hydrogen-bond acceptors (Lipinski definition) is 3. The molecule has 1 heterocycles. The zero-order chi connectivity index (χ0) is 10.4. The molecule has 4 heteroatoms. The molecule has 0 radical (unpaired) electrons. The van der Waals surface area contributed by atoms with Crippen LogP contribution in [0.4, 0.5) is 0 Å². The summed E-state index contributed by atoms with van der Waals surface area (Å²) >= 11 is 0. The largest absolute Gasteiger partial charge is 0.383 e. The van der Waals surface area contributed by atoms with Crippen molar-refractivity contribution in [2.45, 2.75) is 38.7 Å². The number of aliphatic hydroxyl groups is 1. The zero-order valence-electron chi connectivity index (χ0n) is 8.99.